The molecule has 0 saturated carbocycles. The molecule has 1 fully saturated rings. The second-order valence-corrected chi connectivity index (χ2v) is 8.01. The Labute approximate surface area is 176 Å². The highest BCUT2D eigenvalue weighted by molar-refractivity contribution is 6.30. The maximum atomic E-state index is 12.5. The fourth-order valence-corrected chi connectivity index (χ4v) is 3.71. The first-order chi connectivity index (χ1) is 14.1. The number of piperazine rings is 1. The number of hydrogen-bond donors (Lipinski definition) is 1. The van der Waals surface area contributed by atoms with Crippen LogP contribution < -0.4 is 5.32 Å². The Bertz CT molecular complexity index is 977. The number of aromatic nitrogens is 2. The normalized spacial score (nSPS) is 15.7. The van der Waals surface area contributed by atoms with Crippen LogP contribution in [-0.4, -0.2) is 71.4 Å². The van der Waals surface area contributed by atoms with Crippen molar-refractivity contribution in [2.24, 2.45) is 0 Å². The van der Waals surface area contributed by atoms with Crippen LogP contribution in [0.3, 0.4) is 0 Å². The zero-order valence-corrected chi connectivity index (χ0v) is 17.4. The number of pyridine rings is 1. The van der Waals surface area contributed by atoms with Gasteiger partial charge < -0.3 is 19.5 Å². The molecule has 1 aromatic carbocycles. The van der Waals surface area contributed by atoms with Crippen LogP contribution in [0.25, 0.3) is 16.8 Å². The van der Waals surface area contributed by atoms with Gasteiger partial charge in [-0.15, -0.1) is 0 Å². The second kappa shape index (κ2) is 8.95. The second-order valence-electron chi connectivity index (χ2n) is 7.57. The average molecular weight is 412 g/mol. The Hall–Kier alpha value is -2.41. The molecule has 1 N–H and O–H groups in total. The van der Waals surface area contributed by atoms with E-state index in [9.17, 15) is 4.79 Å². The fraction of sp³-hybridized carbons (Fsp3) is 0.364. The van der Waals surface area contributed by atoms with Crippen LogP contribution >= 0.6 is 11.6 Å². The third-order valence-corrected chi connectivity index (χ3v) is 5.65. The van der Waals surface area contributed by atoms with Crippen LogP contribution in [0.4, 0.5) is 0 Å². The molecule has 3 heterocycles. The van der Waals surface area contributed by atoms with E-state index in [2.05, 4.69) is 27.1 Å². The summed E-state index contributed by atoms with van der Waals surface area (Å²) in [4.78, 5) is 21.7. The third kappa shape index (κ3) is 4.96. The number of nitrogens with one attached hydrogen (secondary N) is 1. The van der Waals surface area contributed by atoms with Crippen molar-refractivity contribution in [1.82, 2.24) is 24.5 Å². The minimum atomic E-state index is -0.125. The third-order valence-electron chi connectivity index (χ3n) is 5.39. The summed E-state index contributed by atoms with van der Waals surface area (Å²) in [6.07, 6.45) is 4.71. The van der Waals surface area contributed by atoms with Gasteiger partial charge in [0.05, 0.1) is 0 Å². The highest BCUT2D eigenvalue weighted by atomic mass is 35.5. The number of imidazole rings is 1. The summed E-state index contributed by atoms with van der Waals surface area (Å²) < 4.78 is 1.89. The summed E-state index contributed by atoms with van der Waals surface area (Å²) in [6.45, 7) is 6.12. The van der Waals surface area contributed by atoms with Gasteiger partial charge in [-0.2, -0.15) is 0 Å². The predicted molar refractivity (Wildman–Crippen MR) is 117 cm³/mol. The maximum absolute atomic E-state index is 12.5. The van der Waals surface area contributed by atoms with Gasteiger partial charge in [-0.25, -0.2) is 4.98 Å². The Morgan fingerprint density at radius 1 is 1.03 bits per heavy atom. The molecule has 3 aromatic rings. The van der Waals surface area contributed by atoms with Gasteiger partial charge in [0.1, 0.15) is 11.3 Å². The van der Waals surface area contributed by atoms with E-state index in [1.807, 2.05) is 47.0 Å². The first-order valence-electron chi connectivity index (χ1n) is 10.0. The molecule has 7 heteroatoms. The molecule has 1 saturated heterocycles. The van der Waals surface area contributed by atoms with Gasteiger partial charge in [-0.3, -0.25) is 4.79 Å². The first-order valence-corrected chi connectivity index (χ1v) is 10.4. The molecule has 0 spiro atoms. The van der Waals surface area contributed by atoms with Crippen molar-refractivity contribution in [3.63, 3.8) is 0 Å². The van der Waals surface area contributed by atoms with Gasteiger partial charge in [0.25, 0.3) is 5.91 Å². The standard InChI is InChI=1S/C22H26ClN5O/c1-26-11-13-27(14-12-26)10-2-9-24-22(29)20-16-28-15-18(5-8-21(28)25-20)17-3-6-19(23)7-4-17/h3-8,15-16H,2,9-14H2,1H3,(H,24,29). The summed E-state index contributed by atoms with van der Waals surface area (Å²) in [7, 11) is 2.16. The summed E-state index contributed by atoms with van der Waals surface area (Å²) in [5, 5.41) is 3.71. The zero-order chi connectivity index (χ0) is 20.2. The SMILES string of the molecule is CN1CCN(CCCNC(=O)c2cn3cc(-c4ccc(Cl)cc4)ccc3n2)CC1. The van der Waals surface area contributed by atoms with E-state index in [1.54, 1.807) is 6.20 Å². The monoisotopic (exact) mass is 411 g/mol. The molecule has 0 bridgehead atoms. The molecule has 0 unspecified atom stereocenters. The molecule has 152 valence electrons. The molecule has 0 aliphatic carbocycles. The summed E-state index contributed by atoms with van der Waals surface area (Å²) >= 11 is 5.97. The van der Waals surface area contributed by atoms with Crippen molar-refractivity contribution in [2.45, 2.75) is 6.42 Å². The smallest absolute Gasteiger partial charge is 0.271 e. The van der Waals surface area contributed by atoms with Gasteiger partial charge >= 0.3 is 0 Å². The molecular formula is C22H26ClN5O. The first kappa shape index (κ1) is 19.9. The number of likely N-dealkylation sites (N-methyl/N-ethyl adjacent to an activating group) is 1. The molecule has 2 aromatic heterocycles. The van der Waals surface area contributed by atoms with E-state index >= 15 is 0 Å². The number of fused-ring (bicyclic) bond motifs is 1. The molecule has 1 aliphatic heterocycles. The molecular weight excluding hydrogens is 386 g/mol. The van der Waals surface area contributed by atoms with Crippen LogP contribution in [0, 0.1) is 0 Å². The van der Waals surface area contributed by atoms with Gasteiger partial charge in [0.15, 0.2) is 0 Å². The van der Waals surface area contributed by atoms with Crippen LogP contribution in [0.5, 0.6) is 0 Å². The molecule has 0 radical (unpaired) electrons. The quantitative estimate of drug-likeness (QED) is 0.633. The van der Waals surface area contributed by atoms with Crippen molar-refractivity contribution in [1.29, 1.82) is 0 Å². The van der Waals surface area contributed by atoms with Crippen molar-refractivity contribution in [3.05, 3.63) is 59.5 Å². The van der Waals surface area contributed by atoms with E-state index in [0.717, 1.165) is 55.9 Å². The molecule has 29 heavy (non-hydrogen) atoms. The topological polar surface area (TPSA) is 52.9 Å². The number of rotatable bonds is 6. The lowest BCUT2D eigenvalue weighted by atomic mass is 10.1. The van der Waals surface area contributed by atoms with E-state index in [1.165, 1.54) is 0 Å². The van der Waals surface area contributed by atoms with Crippen LogP contribution in [-0.2, 0) is 0 Å². The zero-order valence-electron chi connectivity index (χ0n) is 16.6. The number of carbonyl (C=O) groups is 1. The average Bonchev–Trinajstić information content (AvgIpc) is 3.16. The Kier molecular flexibility index (Phi) is 6.13. The lowest BCUT2D eigenvalue weighted by Gasteiger charge is -2.32. The number of benzene rings is 1. The Morgan fingerprint density at radius 3 is 2.52 bits per heavy atom. The molecule has 0 atom stereocenters. The summed E-state index contributed by atoms with van der Waals surface area (Å²) in [6, 6.07) is 11.6. The maximum Gasteiger partial charge on any atom is 0.271 e. The number of hydrogen-bond acceptors (Lipinski definition) is 4. The largest absolute Gasteiger partial charge is 0.351 e. The van der Waals surface area contributed by atoms with Gasteiger partial charge in [-0.05, 0) is 55.4 Å². The number of amides is 1. The van der Waals surface area contributed by atoms with Gasteiger partial charge in [0, 0.05) is 50.1 Å². The van der Waals surface area contributed by atoms with Crippen molar-refractivity contribution >= 4 is 23.2 Å². The number of halogens is 1. The van der Waals surface area contributed by atoms with E-state index in [4.69, 9.17) is 11.6 Å². The lowest BCUT2D eigenvalue weighted by molar-refractivity contribution is 0.0945. The van der Waals surface area contributed by atoms with Crippen LogP contribution in [0.1, 0.15) is 16.9 Å². The van der Waals surface area contributed by atoms with Crippen LogP contribution in [0.15, 0.2) is 48.8 Å². The Morgan fingerprint density at radius 2 is 1.76 bits per heavy atom. The highest BCUT2D eigenvalue weighted by Gasteiger charge is 2.14. The van der Waals surface area contributed by atoms with Gasteiger partial charge in [-0.1, -0.05) is 23.7 Å². The summed E-state index contributed by atoms with van der Waals surface area (Å²) in [5.74, 6) is -0.125. The van der Waals surface area contributed by atoms with Gasteiger partial charge in [0.2, 0.25) is 0 Å². The molecule has 4 rings (SSSR count). The van der Waals surface area contributed by atoms with E-state index < -0.39 is 0 Å². The minimum absolute atomic E-state index is 0.125. The number of nitrogens with zero attached hydrogens (tertiary/aromatic N) is 4. The Balaban J connectivity index is 1.33. The molecule has 1 amide bonds. The van der Waals surface area contributed by atoms with E-state index in [0.29, 0.717) is 17.3 Å². The van der Waals surface area contributed by atoms with E-state index in [-0.39, 0.29) is 5.91 Å². The van der Waals surface area contributed by atoms with Crippen molar-refractivity contribution in [2.75, 3.05) is 46.3 Å². The minimum Gasteiger partial charge on any atom is -0.351 e. The van der Waals surface area contributed by atoms with Crippen molar-refractivity contribution in [3.8, 4) is 11.1 Å². The molecule has 1 aliphatic rings. The predicted octanol–water partition coefficient (Wildman–Crippen LogP) is 3.02. The lowest BCUT2D eigenvalue weighted by Crippen LogP contribution is -2.45. The number of carbonyl (C=O) groups excluding carboxylic acids is 1. The van der Waals surface area contributed by atoms with Crippen LogP contribution in [0.2, 0.25) is 5.02 Å². The highest BCUT2D eigenvalue weighted by Crippen LogP contribution is 2.22. The molecule has 6 nitrogen and oxygen atoms in total. The van der Waals surface area contributed by atoms with Crippen molar-refractivity contribution < 1.29 is 4.79 Å². The fourth-order valence-electron chi connectivity index (χ4n) is 3.58. The summed E-state index contributed by atoms with van der Waals surface area (Å²) in [5.41, 5.74) is 3.31.